The lowest BCUT2D eigenvalue weighted by atomic mass is 9.67. The van der Waals surface area contributed by atoms with E-state index in [1.165, 1.54) is 24.0 Å². The van der Waals surface area contributed by atoms with Crippen molar-refractivity contribution in [3.8, 4) is 0 Å². The molecule has 1 aromatic carbocycles. The van der Waals surface area contributed by atoms with E-state index in [4.69, 9.17) is 5.73 Å². The summed E-state index contributed by atoms with van der Waals surface area (Å²) in [5.74, 6) is 1.15. The van der Waals surface area contributed by atoms with Crippen LogP contribution in [-0.4, -0.2) is 29.7 Å². The average Bonchev–Trinajstić information content (AvgIpc) is 2.65. The van der Waals surface area contributed by atoms with E-state index in [-0.39, 0.29) is 11.3 Å². The lowest BCUT2D eigenvalue weighted by molar-refractivity contribution is -0.124. The van der Waals surface area contributed by atoms with Gasteiger partial charge in [-0.3, -0.25) is 4.79 Å². The number of hydrogen-bond donors (Lipinski definition) is 3. The predicted molar refractivity (Wildman–Crippen MR) is 112 cm³/mol. The second-order valence-electron chi connectivity index (χ2n) is 9.13. The molecule has 1 aromatic rings. The van der Waals surface area contributed by atoms with Crippen LogP contribution in [0.2, 0.25) is 0 Å². The van der Waals surface area contributed by atoms with Crippen LogP contribution in [0.5, 0.6) is 0 Å². The standard InChI is InChI=1S/C23H38N2O2/c1-15(2)23(4,5)20-13-9-8-12-19(20)18-11-7-6-10-17(18)14-25-22(27)21(24)16(3)26/h8-9,12-13,15-18,21,26H,6-7,10-11,14,24H2,1-5H3,(H,25,27)/t16-,17?,18?,21+/m1/s1. The Labute approximate surface area is 164 Å². The van der Waals surface area contributed by atoms with Gasteiger partial charge < -0.3 is 16.2 Å². The first-order valence-electron chi connectivity index (χ1n) is 10.5. The fourth-order valence-electron chi connectivity index (χ4n) is 4.15. The van der Waals surface area contributed by atoms with Crippen LogP contribution in [-0.2, 0) is 10.2 Å². The van der Waals surface area contributed by atoms with E-state index in [0.717, 1.165) is 12.8 Å². The summed E-state index contributed by atoms with van der Waals surface area (Å²) in [4.78, 5) is 12.2. The molecule has 27 heavy (non-hydrogen) atoms. The first-order chi connectivity index (χ1) is 12.7. The molecule has 0 spiro atoms. The van der Waals surface area contributed by atoms with Crippen molar-refractivity contribution in [1.82, 2.24) is 5.32 Å². The van der Waals surface area contributed by atoms with Gasteiger partial charge in [0.25, 0.3) is 0 Å². The summed E-state index contributed by atoms with van der Waals surface area (Å²) >= 11 is 0. The minimum atomic E-state index is -0.862. The summed E-state index contributed by atoms with van der Waals surface area (Å²) in [5, 5.41) is 12.5. The van der Waals surface area contributed by atoms with E-state index >= 15 is 0 Å². The lowest BCUT2D eigenvalue weighted by Gasteiger charge is -2.38. The molecule has 0 bridgehead atoms. The van der Waals surface area contributed by atoms with Crippen LogP contribution in [0.1, 0.15) is 77.3 Å². The van der Waals surface area contributed by atoms with Gasteiger partial charge in [-0.05, 0) is 54.1 Å². The third-order valence-electron chi connectivity index (χ3n) is 6.77. The Kier molecular flexibility index (Phi) is 7.47. The maximum Gasteiger partial charge on any atom is 0.239 e. The predicted octanol–water partition coefficient (Wildman–Crippen LogP) is 3.72. The van der Waals surface area contributed by atoms with Crippen molar-refractivity contribution in [2.75, 3.05) is 6.54 Å². The zero-order valence-electron chi connectivity index (χ0n) is 17.7. The number of aliphatic hydroxyl groups is 1. The Morgan fingerprint density at radius 3 is 2.48 bits per heavy atom. The Hall–Kier alpha value is -1.39. The van der Waals surface area contributed by atoms with E-state index in [0.29, 0.717) is 24.3 Å². The molecule has 2 rings (SSSR count). The second kappa shape index (κ2) is 9.20. The first kappa shape index (κ1) is 21.9. The van der Waals surface area contributed by atoms with Gasteiger partial charge in [-0.15, -0.1) is 0 Å². The molecule has 0 saturated heterocycles. The van der Waals surface area contributed by atoms with Gasteiger partial charge >= 0.3 is 0 Å². The summed E-state index contributed by atoms with van der Waals surface area (Å²) in [6.45, 7) is 11.4. The van der Waals surface area contributed by atoms with Gasteiger partial charge in [0.2, 0.25) is 5.91 Å². The molecule has 4 atom stereocenters. The average molecular weight is 375 g/mol. The molecule has 1 saturated carbocycles. The molecule has 2 unspecified atom stereocenters. The number of amides is 1. The number of carbonyl (C=O) groups excluding carboxylic acids is 1. The molecule has 0 aromatic heterocycles. The number of nitrogens with two attached hydrogens (primary N) is 1. The van der Waals surface area contributed by atoms with Crippen molar-refractivity contribution in [3.63, 3.8) is 0 Å². The second-order valence-corrected chi connectivity index (χ2v) is 9.13. The summed E-state index contributed by atoms with van der Waals surface area (Å²) in [6, 6.07) is 7.99. The van der Waals surface area contributed by atoms with Gasteiger partial charge in [0.1, 0.15) is 6.04 Å². The monoisotopic (exact) mass is 374 g/mol. The molecule has 0 radical (unpaired) electrons. The molecule has 0 heterocycles. The van der Waals surface area contributed by atoms with Gasteiger partial charge in [0.05, 0.1) is 6.10 Å². The lowest BCUT2D eigenvalue weighted by Crippen LogP contribution is -2.48. The zero-order valence-corrected chi connectivity index (χ0v) is 17.7. The summed E-state index contributed by atoms with van der Waals surface area (Å²) < 4.78 is 0. The number of aliphatic hydroxyl groups excluding tert-OH is 1. The fourth-order valence-corrected chi connectivity index (χ4v) is 4.15. The van der Waals surface area contributed by atoms with Crippen LogP contribution in [0, 0.1) is 11.8 Å². The number of rotatable bonds is 7. The highest BCUT2D eigenvalue weighted by atomic mass is 16.3. The molecule has 4 N–H and O–H groups in total. The summed E-state index contributed by atoms with van der Waals surface area (Å²) in [7, 11) is 0. The molecular formula is C23H38N2O2. The van der Waals surface area contributed by atoms with E-state index in [1.54, 1.807) is 6.92 Å². The van der Waals surface area contributed by atoms with Gasteiger partial charge in [-0.2, -0.15) is 0 Å². The van der Waals surface area contributed by atoms with Gasteiger partial charge in [0.15, 0.2) is 0 Å². The minimum Gasteiger partial charge on any atom is -0.391 e. The van der Waals surface area contributed by atoms with E-state index in [1.807, 2.05) is 0 Å². The van der Waals surface area contributed by atoms with Gasteiger partial charge in [0, 0.05) is 6.54 Å². The van der Waals surface area contributed by atoms with Crippen LogP contribution in [0.4, 0.5) is 0 Å². The maximum absolute atomic E-state index is 12.2. The minimum absolute atomic E-state index is 0.108. The Bertz CT molecular complexity index is 625. The molecule has 1 aliphatic rings. The van der Waals surface area contributed by atoms with Gasteiger partial charge in [-0.1, -0.05) is 64.8 Å². The number of carbonyl (C=O) groups is 1. The van der Waals surface area contributed by atoms with Crippen molar-refractivity contribution in [2.45, 2.75) is 83.8 Å². The van der Waals surface area contributed by atoms with Crippen LogP contribution in [0.15, 0.2) is 24.3 Å². The molecule has 1 fully saturated rings. The largest absolute Gasteiger partial charge is 0.391 e. The van der Waals surface area contributed by atoms with Crippen LogP contribution in [0.25, 0.3) is 0 Å². The zero-order chi connectivity index (χ0) is 20.2. The highest BCUT2D eigenvalue weighted by molar-refractivity contribution is 5.82. The van der Waals surface area contributed by atoms with Crippen molar-refractivity contribution in [1.29, 1.82) is 0 Å². The molecule has 1 amide bonds. The first-order valence-corrected chi connectivity index (χ1v) is 10.5. The molecule has 4 nitrogen and oxygen atoms in total. The van der Waals surface area contributed by atoms with Crippen LogP contribution < -0.4 is 11.1 Å². The Morgan fingerprint density at radius 2 is 1.85 bits per heavy atom. The Balaban J connectivity index is 2.22. The highest BCUT2D eigenvalue weighted by Crippen LogP contribution is 2.43. The third-order valence-corrected chi connectivity index (χ3v) is 6.77. The van der Waals surface area contributed by atoms with Crippen molar-refractivity contribution in [2.24, 2.45) is 17.6 Å². The topological polar surface area (TPSA) is 75.4 Å². The summed E-state index contributed by atoms with van der Waals surface area (Å²) in [5.41, 5.74) is 8.76. The normalized spacial score (nSPS) is 23.1. The Morgan fingerprint density at radius 1 is 1.22 bits per heavy atom. The maximum atomic E-state index is 12.2. The van der Waals surface area contributed by atoms with Gasteiger partial charge in [-0.25, -0.2) is 0 Å². The van der Waals surface area contributed by atoms with Crippen molar-refractivity contribution < 1.29 is 9.90 Å². The van der Waals surface area contributed by atoms with Crippen molar-refractivity contribution in [3.05, 3.63) is 35.4 Å². The van der Waals surface area contributed by atoms with E-state index in [9.17, 15) is 9.90 Å². The number of hydrogen-bond acceptors (Lipinski definition) is 3. The number of nitrogens with one attached hydrogen (secondary N) is 1. The molecule has 4 heteroatoms. The third kappa shape index (κ3) is 5.11. The number of benzene rings is 1. The quantitative estimate of drug-likeness (QED) is 0.681. The molecular weight excluding hydrogens is 336 g/mol. The highest BCUT2D eigenvalue weighted by Gasteiger charge is 2.33. The SMILES string of the molecule is CC(C)C(C)(C)c1ccccc1C1CCCCC1CNC(=O)[C@@H](N)[C@@H](C)O. The van der Waals surface area contributed by atoms with Crippen LogP contribution >= 0.6 is 0 Å². The molecule has 152 valence electrons. The molecule has 1 aliphatic carbocycles. The van der Waals surface area contributed by atoms with E-state index in [2.05, 4.69) is 57.3 Å². The smallest absolute Gasteiger partial charge is 0.239 e. The van der Waals surface area contributed by atoms with Crippen molar-refractivity contribution >= 4 is 5.91 Å². The van der Waals surface area contributed by atoms with Crippen LogP contribution in [0.3, 0.4) is 0 Å². The molecule has 0 aliphatic heterocycles. The fraction of sp³-hybridized carbons (Fsp3) is 0.696. The summed E-state index contributed by atoms with van der Waals surface area (Å²) in [6.07, 6.45) is 3.88. The van der Waals surface area contributed by atoms with E-state index < -0.39 is 12.1 Å².